The van der Waals surface area contributed by atoms with E-state index in [0.29, 0.717) is 17.6 Å². The molecule has 7 nitrogen and oxygen atoms in total. The molecule has 0 spiro atoms. The van der Waals surface area contributed by atoms with E-state index in [2.05, 4.69) is 21.9 Å². The summed E-state index contributed by atoms with van der Waals surface area (Å²) in [6.45, 7) is 5.22. The van der Waals surface area contributed by atoms with Crippen molar-refractivity contribution in [3.8, 4) is 0 Å². The predicted octanol–water partition coefficient (Wildman–Crippen LogP) is 0.880. The molecule has 99 valence electrons. The number of rotatable bonds is 2. The lowest BCUT2D eigenvalue weighted by atomic mass is 10.2. The van der Waals surface area contributed by atoms with Crippen molar-refractivity contribution in [1.82, 2.24) is 19.5 Å². The van der Waals surface area contributed by atoms with E-state index in [1.807, 2.05) is 0 Å². The molecule has 0 amide bonds. The largest absolute Gasteiger partial charge is 0.460 e. The van der Waals surface area contributed by atoms with Gasteiger partial charge in [-0.3, -0.25) is 9.36 Å². The highest BCUT2D eigenvalue weighted by Gasteiger charge is 2.36. The third-order valence-electron chi connectivity index (χ3n) is 3.05. The Balaban J connectivity index is 1.86. The Morgan fingerprint density at radius 2 is 2.42 bits per heavy atom. The number of aromatic nitrogens is 4. The van der Waals surface area contributed by atoms with Gasteiger partial charge >= 0.3 is 5.97 Å². The van der Waals surface area contributed by atoms with E-state index >= 15 is 0 Å². The van der Waals surface area contributed by atoms with Gasteiger partial charge in [-0.15, -0.1) is 0 Å². The molecule has 0 saturated carbocycles. The van der Waals surface area contributed by atoms with Gasteiger partial charge in [-0.1, -0.05) is 0 Å². The molecule has 3 atom stereocenters. The highest BCUT2D eigenvalue weighted by atomic mass is 16.6. The Morgan fingerprint density at radius 1 is 1.58 bits per heavy atom. The van der Waals surface area contributed by atoms with E-state index in [1.165, 1.54) is 13.3 Å². The summed E-state index contributed by atoms with van der Waals surface area (Å²) < 4.78 is 12.7. The van der Waals surface area contributed by atoms with Crippen LogP contribution in [0.4, 0.5) is 0 Å². The molecular formula is C12H13N4O3. The van der Waals surface area contributed by atoms with Crippen LogP contribution in [-0.4, -0.2) is 37.7 Å². The minimum atomic E-state index is -0.395. The third kappa shape index (κ3) is 2.17. The van der Waals surface area contributed by atoms with Crippen LogP contribution in [0.25, 0.3) is 11.2 Å². The summed E-state index contributed by atoms with van der Waals surface area (Å²) in [5.41, 5.74) is 1.39. The second-order valence-corrected chi connectivity index (χ2v) is 4.40. The van der Waals surface area contributed by atoms with Crippen LogP contribution in [-0.2, 0) is 14.3 Å². The number of carbonyl (C=O) groups is 1. The van der Waals surface area contributed by atoms with Gasteiger partial charge in [-0.05, 0) is 6.92 Å². The van der Waals surface area contributed by atoms with Crippen molar-refractivity contribution in [2.75, 3.05) is 0 Å². The third-order valence-corrected chi connectivity index (χ3v) is 3.05. The topological polar surface area (TPSA) is 79.1 Å². The Labute approximate surface area is 109 Å². The minimum absolute atomic E-state index is 0.285. The molecule has 0 N–H and O–H groups in total. The van der Waals surface area contributed by atoms with Gasteiger partial charge in [-0.25, -0.2) is 15.0 Å². The molecule has 1 radical (unpaired) electrons. The number of fused-ring (bicyclic) bond motifs is 1. The summed E-state index contributed by atoms with van der Waals surface area (Å²) in [4.78, 5) is 23.3. The molecule has 19 heavy (non-hydrogen) atoms. The molecule has 1 saturated heterocycles. The summed E-state index contributed by atoms with van der Waals surface area (Å²) in [5, 5.41) is 0. The van der Waals surface area contributed by atoms with Gasteiger partial charge in [0.2, 0.25) is 0 Å². The van der Waals surface area contributed by atoms with Crippen LogP contribution in [0.1, 0.15) is 19.6 Å². The molecule has 1 aliphatic rings. The molecule has 3 rings (SSSR count). The Bertz CT molecular complexity index is 612. The minimum Gasteiger partial charge on any atom is -0.460 e. The summed E-state index contributed by atoms with van der Waals surface area (Å²) in [6.07, 6.45) is 4.25. The molecule has 0 bridgehead atoms. The van der Waals surface area contributed by atoms with Crippen LogP contribution in [0.15, 0.2) is 18.9 Å². The summed E-state index contributed by atoms with van der Waals surface area (Å²) >= 11 is 0. The monoisotopic (exact) mass is 261 g/mol. The summed E-state index contributed by atoms with van der Waals surface area (Å²) in [5.74, 6) is -0.333. The van der Waals surface area contributed by atoms with Crippen molar-refractivity contribution in [1.29, 1.82) is 0 Å². The number of ether oxygens (including phenoxy) is 2. The van der Waals surface area contributed by atoms with Crippen molar-refractivity contribution >= 4 is 17.1 Å². The number of hydrogen-bond acceptors (Lipinski definition) is 6. The molecule has 1 aliphatic heterocycles. The van der Waals surface area contributed by atoms with Gasteiger partial charge in [0, 0.05) is 13.3 Å². The molecule has 7 heteroatoms. The first-order chi connectivity index (χ1) is 9.15. The van der Waals surface area contributed by atoms with Crippen LogP contribution in [0.5, 0.6) is 0 Å². The van der Waals surface area contributed by atoms with Crippen LogP contribution in [0, 0.1) is 6.92 Å². The smallest absolute Gasteiger partial charge is 0.302 e. The zero-order valence-corrected chi connectivity index (χ0v) is 10.4. The van der Waals surface area contributed by atoms with Gasteiger partial charge in [0.1, 0.15) is 24.2 Å². The molecule has 0 aromatic carbocycles. The van der Waals surface area contributed by atoms with Gasteiger partial charge in [0.05, 0.1) is 18.6 Å². The first kappa shape index (κ1) is 12.0. The van der Waals surface area contributed by atoms with Crippen molar-refractivity contribution in [2.45, 2.75) is 31.8 Å². The maximum Gasteiger partial charge on any atom is 0.302 e. The average molecular weight is 261 g/mol. The second kappa shape index (κ2) is 4.58. The maximum atomic E-state index is 11.0. The molecule has 3 heterocycles. The zero-order valence-electron chi connectivity index (χ0n) is 10.4. The first-order valence-corrected chi connectivity index (χ1v) is 5.93. The number of hydrogen-bond donors (Lipinski definition) is 0. The Morgan fingerprint density at radius 3 is 3.21 bits per heavy atom. The molecule has 0 unspecified atom stereocenters. The van der Waals surface area contributed by atoms with Crippen LogP contribution in [0.2, 0.25) is 0 Å². The Kier molecular flexibility index (Phi) is 2.90. The molecule has 2 aromatic rings. The molecule has 1 fully saturated rings. The lowest BCUT2D eigenvalue weighted by molar-refractivity contribution is -0.147. The van der Waals surface area contributed by atoms with Crippen LogP contribution < -0.4 is 0 Å². The summed E-state index contributed by atoms with van der Waals surface area (Å²) in [7, 11) is 0. The highest BCUT2D eigenvalue weighted by Crippen LogP contribution is 2.31. The van der Waals surface area contributed by atoms with E-state index in [1.54, 1.807) is 17.1 Å². The van der Waals surface area contributed by atoms with E-state index in [4.69, 9.17) is 9.47 Å². The van der Waals surface area contributed by atoms with Crippen molar-refractivity contribution < 1.29 is 14.3 Å². The van der Waals surface area contributed by atoms with E-state index in [0.717, 1.165) is 0 Å². The average Bonchev–Trinajstić information content (AvgIpc) is 2.93. The fourth-order valence-electron chi connectivity index (χ4n) is 2.21. The van der Waals surface area contributed by atoms with E-state index in [9.17, 15) is 4.79 Å². The van der Waals surface area contributed by atoms with E-state index < -0.39 is 6.10 Å². The van der Waals surface area contributed by atoms with Gasteiger partial charge < -0.3 is 9.47 Å². The first-order valence-electron chi connectivity index (χ1n) is 5.93. The van der Waals surface area contributed by atoms with E-state index in [-0.39, 0.29) is 18.3 Å². The molecule has 2 aromatic heterocycles. The molecule has 0 aliphatic carbocycles. The van der Waals surface area contributed by atoms with Crippen molar-refractivity contribution in [3.05, 3.63) is 25.8 Å². The standard InChI is InChI=1S/C12H13N4O3/c1-7-10(19-8(2)17)3-11(18-7)16-6-15-9-4-13-5-14-12(9)16/h4-7,10-11H,1,3H2,2H3/t7-,10+,11-/m1/s1. The van der Waals surface area contributed by atoms with Crippen molar-refractivity contribution in [2.24, 2.45) is 0 Å². The van der Waals surface area contributed by atoms with Crippen LogP contribution in [0.3, 0.4) is 0 Å². The predicted molar refractivity (Wildman–Crippen MR) is 64.8 cm³/mol. The van der Waals surface area contributed by atoms with Crippen LogP contribution >= 0.6 is 0 Å². The zero-order chi connectivity index (χ0) is 13.4. The van der Waals surface area contributed by atoms with Gasteiger partial charge in [0.25, 0.3) is 0 Å². The summed E-state index contributed by atoms with van der Waals surface area (Å²) in [6, 6.07) is 0. The SMILES string of the molecule is [CH2][C@H]1O[C@@H](n2cnc3cncnc32)C[C@@H]1OC(C)=O. The molecular weight excluding hydrogens is 248 g/mol. The number of carbonyl (C=O) groups excluding carboxylic acids is 1. The fourth-order valence-corrected chi connectivity index (χ4v) is 2.21. The Hall–Kier alpha value is -2.02. The normalized spacial score (nSPS) is 26.7. The lowest BCUT2D eigenvalue weighted by Gasteiger charge is -2.12. The maximum absolute atomic E-state index is 11.0. The number of nitrogens with zero attached hydrogens (tertiary/aromatic N) is 4. The quantitative estimate of drug-likeness (QED) is 0.747. The van der Waals surface area contributed by atoms with Crippen molar-refractivity contribution in [3.63, 3.8) is 0 Å². The van der Waals surface area contributed by atoms with Gasteiger partial charge in [-0.2, -0.15) is 0 Å². The van der Waals surface area contributed by atoms with Gasteiger partial charge in [0.15, 0.2) is 5.65 Å². The number of imidazole rings is 1. The lowest BCUT2D eigenvalue weighted by Crippen LogP contribution is -2.23. The number of esters is 1. The highest BCUT2D eigenvalue weighted by molar-refractivity contribution is 5.69. The fraction of sp³-hybridized carbons (Fsp3) is 0.417. The second-order valence-electron chi connectivity index (χ2n) is 4.40.